The highest BCUT2D eigenvalue weighted by atomic mass is 16.4. The maximum atomic E-state index is 12.3. The smallest absolute Gasteiger partial charge is 0.338 e. The Morgan fingerprint density at radius 2 is 2.00 bits per heavy atom. The van der Waals surface area contributed by atoms with Crippen molar-refractivity contribution >= 4 is 17.7 Å². The summed E-state index contributed by atoms with van der Waals surface area (Å²) in [6, 6.07) is 4.90. The fourth-order valence-corrected chi connectivity index (χ4v) is 2.79. The van der Waals surface area contributed by atoms with E-state index >= 15 is 0 Å². The molecule has 0 atom stereocenters. The lowest BCUT2D eigenvalue weighted by molar-refractivity contribution is 0.0697. The van der Waals surface area contributed by atoms with E-state index in [1.807, 2.05) is 0 Å². The number of amides is 2. The summed E-state index contributed by atoms with van der Waals surface area (Å²) < 4.78 is 0. The monoisotopic (exact) mass is 290 g/mol. The molecule has 0 saturated carbocycles. The van der Waals surface area contributed by atoms with Crippen LogP contribution in [0.5, 0.6) is 0 Å². The van der Waals surface area contributed by atoms with Crippen molar-refractivity contribution < 1.29 is 14.7 Å². The minimum atomic E-state index is -1.02. The molecule has 1 aliphatic rings. The van der Waals surface area contributed by atoms with Crippen molar-refractivity contribution in [3.8, 4) is 0 Å². The van der Waals surface area contributed by atoms with Gasteiger partial charge in [0.15, 0.2) is 0 Å². The number of benzene rings is 1. The van der Waals surface area contributed by atoms with Crippen LogP contribution >= 0.6 is 0 Å². The zero-order valence-electron chi connectivity index (χ0n) is 12.6. The van der Waals surface area contributed by atoms with Gasteiger partial charge in [-0.15, -0.1) is 0 Å². The number of nitrogens with one attached hydrogen (secondary N) is 1. The summed E-state index contributed by atoms with van der Waals surface area (Å²) in [5.74, 6) is -0.323. The van der Waals surface area contributed by atoms with Gasteiger partial charge in [0.25, 0.3) is 0 Å². The number of rotatable bonds is 3. The van der Waals surface area contributed by atoms with Crippen molar-refractivity contribution in [2.45, 2.75) is 33.1 Å². The molecule has 114 valence electrons. The predicted octanol–water partition coefficient (Wildman–Crippen LogP) is 3.35. The topological polar surface area (TPSA) is 69.6 Å². The van der Waals surface area contributed by atoms with E-state index < -0.39 is 5.97 Å². The number of carboxylic acid groups (broad SMARTS) is 1. The van der Waals surface area contributed by atoms with Gasteiger partial charge >= 0.3 is 12.0 Å². The molecule has 1 saturated heterocycles. The van der Waals surface area contributed by atoms with Gasteiger partial charge in [0, 0.05) is 13.1 Å². The van der Waals surface area contributed by atoms with Gasteiger partial charge in [0.2, 0.25) is 0 Å². The molecule has 1 fully saturated rings. The fourth-order valence-electron chi connectivity index (χ4n) is 2.79. The van der Waals surface area contributed by atoms with Crippen LogP contribution < -0.4 is 5.32 Å². The number of piperidine rings is 1. The maximum absolute atomic E-state index is 12.3. The van der Waals surface area contributed by atoms with Gasteiger partial charge in [-0.2, -0.15) is 0 Å². The molecular formula is C16H22N2O3. The van der Waals surface area contributed by atoms with Crippen LogP contribution in [0.1, 0.15) is 42.1 Å². The van der Waals surface area contributed by atoms with E-state index in [0.29, 0.717) is 17.2 Å². The first-order valence-corrected chi connectivity index (χ1v) is 7.41. The Bertz CT molecular complexity index is 534. The minimum absolute atomic E-state index is 0.161. The van der Waals surface area contributed by atoms with Crippen LogP contribution in [0, 0.1) is 12.8 Å². The number of carbonyl (C=O) groups excluding carboxylic acids is 1. The average Bonchev–Trinajstić information content (AvgIpc) is 2.47. The molecule has 2 N–H and O–H groups in total. The van der Waals surface area contributed by atoms with Gasteiger partial charge in [-0.3, -0.25) is 0 Å². The molecule has 1 aromatic carbocycles. The lowest BCUT2D eigenvalue weighted by Gasteiger charge is -2.31. The van der Waals surface area contributed by atoms with Crippen molar-refractivity contribution in [1.29, 1.82) is 0 Å². The van der Waals surface area contributed by atoms with Crippen LogP contribution in [0.2, 0.25) is 0 Å². The van der Waals surface area contributed by atoms with Crippen LogP contribution in [0.15, 0.2) is 18.2 Å². The zero-order valence-corrected chi connectivity index (χ0v) is 12.6. The first kappa shape index (κ1) is 15.4. The molecule has 0 bridgehead atoms. The summed E-state index contributed by atoms with van der Waals surface area (Å²) in [6.07, 6.45) is 3.18. The number of carbonyl (C=O) groups is 2. The van der Waals surface area contributed by atoms with Gasteiger partial charge < -0.3 is 15.3 Å². The molecule has 0 aromatic heterocycles. The number of nitrogens with zero attached hydrogens (tertiary/aromatic N) is 1. The van der Waals surface area contributed by atoms with Gasteiger partial charge in [-0.1, -0.05) is 25.5 Å². The SMILES string of the molecule is CCC1CCN(C(=O)Nc2cccc(C)c2C(=O)O)CC1. The third-order valence-corrected chi connectivity index (χ3v) is 4.21. The van der Waals surface area contributed by atoms with Crippen molar-refractivity contribution in [2.24, 2.45) is 5.92 Å². The second-order valence-electron chi connectivity index (χ2n) is 5.57. The Morgan fingerprint density at radius 1 is 1.33 bits per heavy atom. The Kier molecular flexibility index (Phi) is 4.83. The largest absolute Gasteiger partial charge is 0.478 e. The highest BCUT2D eigenvalue weighted by Gasteiger charge is 2.23. The molecular weight excluding hydrogens is 268 g/mol. The predicted molar refractivity (Wildman–Crippen MR) is 81.7 cm³/mol. The van der Waals surface area contributed by atoms with Crippen molar-refractivity contribution in [3.63, 3.8) is 0 Å². The van der Waals surface area contributed by atoms with E-state index in [4.69, 9.17) is 0 Å². The third kappa shape index (κ3) is 3.54. The minimum Gasteiger partial charge on any atom is -0.478 e. The number of urea groups is 1. The van der Waals surface area contributed by atoms with Gasteiger partial charge in [0.05, 0.1) is 11.3 Å². The van der Waals surface area contributed by atoms with E-state index in [9.17, 15) is 14.7 Å². The number of anilines is 1. The molecule has 0 unspecified atom stereocenters. The zero-order chi connectivity index (χ0) is 15.4. The van der Waals surface area contributed by atoms with E-state index in [1.165, 1.54) is 0 Å². The van der Waals surface area contributed by atoms with Crippen LogP contribution in [-0.2, 0) is 0 Å². The first-order chi connectivity index (χ1) is 10.0. The van der Waals surface area contributed by atoms with Gasteiger partial charge in [-0.25, -0.2) is 9.59 Å². The number of aromatic carboxylic acids is 1. The molecule has 5 nitrogen and oxygen atoms in total. The van der Waals surface area contributed by atoms with Crippen molar-refractivity contribution in [3.05, 3.63) is 29.3 Å². The highest BCUT2D eigenvalue weighted by Crippen LogP contribution is 2.23. The Morgan fingerprint density at radius 3 is 2.57 bits per heavy atom. The summed E-state index contributed by atoms with van der Waals surface area (Å²) in [6.45, 7) is 5.37. The summed E-state index contributed by atoms with van der Waals surface area (Å²) in [5.41, 5.74) is 1.17. The second-order valence-corrected chi connectivity index (χ2v) is 5.57. The summed E-state index contributed by atoms with van der Waals surface area (Å²) >= 11 is 0. The third-order valence-electron chi connectivity index (χ3n) is 4.21. The fraction of sp³-hybridized carbons (Fsp3) is 0.500. The molecule has 1 aromatic rings. The number of likely N-dealkylation sites (tertiary alicyclic amines) is 1. The molecule has 2 amide bonds. The van der Waals surface area contributed by atoms with Crippen molar-refractivity contribution in [1.82, 2.24) is 4.90 Å². The van der Waals surface area contributed by atoms with E-state index in [0.717, 1.165) is 32.4 Å². The first-order valence-electron chi connectivity index (χ1n) is 7.41. The molecule has 1 aliphatic heterocycles. The molecule has 0 spiro atoms. The summed E-state index contributed by atoms with van der Waals surface area (Å²) in [7, 11) is 0. The molecule has 1 heterocycles. The van der Waals surface area contributed by atoms with Crippen LogP contribution in [-0.4, -0.2) is 35.1 Å². The number of hydrogen-bond acceptors (Lipinski definition) is 2. The number of aryl methyl sites for hydroxylation is 1. The maximum Gasteiger partial charge on any atom is 0.338 e. The molecule has 0 aliphatic carbocycles. The lowest BCUT2D eigenvalue weighted by atomic mass is 9.95. The normalized spacial score (nSPS) is 15.8. The van der Waals surface area contributed by atoms with Gasteiger partial charge in [-0.05, 0) is 37.3 Å². The van der Waals surface area contributed by atoms with Crippen LogP contribution in [0.4, 0.5) is 10.5 Å². The molecule has 5 heteroatoms. The van der Waals surface area contributed by atoms with E-state index in [2.05, 4.69) is 12.2 Å². The summed E-state index contributed by atoms with van der Waals surface area (Å²) in [4.78, 5) is 25.4. The molecule has 21 heavy (non-hydrogen) atoms. The Labute approximate surface area is 125 Å². The Hall–Kier alpha value is -2.04. The lowest BCUT2D eigenvalue weighted by Crippen LogP contribution is -2.41. The van der Waals surface area contributed by atoms with Crippen LogP contribution in [0.3, 0.4) is 0 Å². The van der Waals surface area contributed by atoms with Crippen LogP contribution in [0.25, 0.3) is 0 Å². The van der Waals surface area contributed by atoms with E-state index in [-0.39, 0.29) is 11.6 Å². The highest BCUT2D eigenvalue weighted by molar-refractivity contribution is 6.01. The average molecular weight is 290 g/mol. The quantitative estimate of drug-likeness (QED) is 0.897. The standard InChI is InChI=1S/C16H22N2O3/c1-3-12-7-9-18(10-8-12)16(21)17-13-6-4-5-11(2)14(13)15(19)20/h4-6,12H,3,7-10H2,1-2H3,(H,17,21)(H,19,20). The molecule has 2 rings (SSSR count). The molecule has 0 radical (unpaired) electrons. The van der Waals surface area contributed by atoms with E-state index in [1.54, 1.807) is 30.0 Å². The van der Waals surface area contributed by atoms with Gasteiger partial charge in [0.1, 0.15) is 0 Å². The Balaban J connectivity index is 2.07. The number of hydrogen-bond donors (Lipinski definition) is 2. The van der Waals surface area contributed by atoms with Crippen molar-refractivity contribution in [2.75, 3.05) is 18.4 Å². The number of carboxylic acids is 1. The summed E-state index contributed by atoms with van der Waals surface area (Å²) in [5, 5.41) is 12.0. The second kappa shape index (κ2) is 6.61.